The normalized spacial score (nSPS) is 13.7. The minimum atomic E-state index is 0.798. The largest absolute Gasteiger partial charge is 0.493 e. The highest BCUT2D eigenvalue weighted by atomic mass is 16.5. The summed E-state index contributed by atoms with van der Waals surface area (Å²) in [4.78, 5) is 0. The van der Waals surface area contributed by atoms with Crippen LogP contribution in [-0.2, 0) is 12.8 Å². The van der Waals surface area contributed by atoms with Crippen molar-refractivity contribution in [2.24, 2.45) is 5.73 Å². The summed E-state index contributed by atoms with van der Waals surface area (Å²) in [7, 11) is 0. The number of fused-ring (bicyclic) bond motifs is 1. The Labute approximate surface area is 97.8 Å². The van der Waals surface area contributed by atoms with E-state index in [9.17, 15) is 0 Å². The van der Waals surface area contributed by atoms with E-state index >= 15 is 0 Å². The van der Waals surface area contributed by atoms with Crippen LogP contribution in [0.15, 0.2) is 6.07 Å². The third-order valence-corrected chi connectivity index (χ3v) is 3.52. The van der Waals surface area contributed by atoms with Crippen molar-refractivity contribution >= 4 is 0 Å². The molecule has 0 bridgehead atoms. The van der Waals surface area contributed by atoms with E-state index in [1.807, 2.05) is 0 Å². The zero-order valence-electron chi connectivity index (χ0n) is 10.3. The van der Waals surface area contributed by atoms with Crippen molar-refractivity contribution in [3.8, 4) is 5.75 Å². The van der Waals surface area contributed by atoms with Crippen molar-refractivity contribution in [2.75, 3.05) is 13.2 Å². The summed E-state index contributed by atoms with van der Waals surface area (Å²) in [5.41, 5.74) is 11.3. The molecule has 1 aliphatic heterocycles. The molecule has 1 aromatic carbocycles. The van der Waals surface area contributed by atoms with Crippen LogP contribution < -0.4 is 10.5 Å². The van der Waals surface area contributed by atoms with Crippen molar-refractivity contribution in [3.05, 3.63) is 28.3 Å². The molecule has 1 aromatic rings. The van der Waals surface area contributed by atoms with Gasteiger partial charge in [0.05, 0.1) is 6.61 Å². The second kappa shape index (κ2) is 4.88. The number of aryl methyl sites for hydroxylation is 1. The summed E-state index contributed by atoms with van der Waals surface area (Å²) in [6.07, 6.45) is 4.54. The second-order valence-corrected chi connectivity index (χ2v) is 4.62. The molecule has 2 N–H and O–H groups in total. The highest BCUT2D eigenvalue weighted by Gasteiger charge is 2.18. The Morgan fingerprint density at radius 2 is 2.12 bits per heavy atom. The van der Waals surface area contributed by atoms with E-state index in [0.717, 1.165) is 38.2 Å². The summed E-state index contributed by atoms with van der Waals surface area (Å²) >= 11 is 0. The predicted molar refractivity (Wildman–Crippen MR) is 67.1 cm³/mol. The van der Waals surface area contributed by atoms with Gasteiger partial charge in [-0.3, -0.25) is 0 Å². The molecule has 0 unspecified atom stereocenters. The van der Waals surface area contributed by atoms with Crippen LogP contribution in [0.4, 0.5) is 0 Å². The molecule has 1 aliphatic rings. The Morgan fingerprint density at radius 3 is 2.88 bits per heavy atom. The molecule has 16 heavy (non-hydrogen) atoms. The molecule has 2 nitrogen and oxygen atoms in total. The van der Waals surface area contributed by atoms with Crippen LogP contribution in [0.5, 0.6) is 5.75 Å². The first-order chi connectivity index (χ1) is 7.74. The van der Waals surface area contributed by atoms with Gasteiger partial charge in [-0.05, 0) is 62.4 Å². The van der Waals surface area contributed by atoms with E-state index < -0.39 is 0 Å². The Kier molecular flexibility index (Phi) is 3.49. The second-order valence-electron chi connectivity index (χ2n) is 4.62. The fourth-order valence-electron chi connectivity index (χ4n) is 2.57. The molecule has 88 valence electrons. The quantitative estimate of drug-likeness (QED) is 0.790. The number of nitrogens with two attached hydrogens (primary N) is 1. The minimum Gasteiger partial charge on any atom is -0.493 e. The molecule has 0 saturated carbocycles. The standard InChI is InChI=1S/C14H21NO/c1-10-9-14-13(6-8-16-14)11(2)12(10)5-3-4-7-15/h9H,3-8,15H2,1-2H3. The van der Waals surface area contributed by atoms with Gasteiger partial charge in [0, 0.05) is 12.0 Å². The minimum absolute atomic E-state index is 0.798. The van der Waals surface area contributed by atoms with E-state index in [2.05, 4.69) is 19.9 Å². The summed E-state index contributed by atoms with van der Waals surface area (Å²) in [6, 6.07) is 2.20. The number of unbranched alkanes of at least 4 members (excludes halogenated alkanes) is 1. The van der Waals surface area contributed by atoms with Crippen molar-refractivity contribution in [3.63, 3.8) is 0 Å². The first-order valence-electron chi connectivity index (χ1n) is 6.19. The van der Waals surface area contributed by atoms with Crippen molar-refractivity contribution in [1.82, 2.24) is 0 Å². The van der Waals surface area contributed by atoms with Crippen LogP contribution in [-0.4, -0.2) is 13.2 Å². The highest BCUT2D eigenvalue weighted by Crippen LogP contribution is 2.33. The first kappa shape index (κ1) is 11.5. The topological polar surface area (TPSA) is 35.2 Å². The lowest BCUT2D eigenvalue weighted by atomic mass is 9.92. The first-order valence-corrected chi connectivity index (χ1v) is 6.19. The summed E-state index contributed by atoms with van der Waals surface area (Å²) < 4.78 is 5.62. The van der Waals surface area contributed by atoms with Gasteiger partial charge in [-0.25, -0.2) is 0 Å². The maximum absolute atomic E-state index is 5.62. The zero-order chi connectivity index (χ0) is 11.5. The third-order valence-electron chi connectivity index (χ3n) is 3.52. The summed E-state index contributed by atoms with van der Waals surface area (Å²) in [5.74, 6) is 1.11. The fraction of sp³-hybridized carbons (Fsp3) is 0.571. The van der Waals surface area contributed by atoms with Crippen molar-refractivity contribution in [2.45, 2.75) is 39.5 Å². The highest BCUT2D eigenvalue weighted by molar-refractivity contribution is 5.50. The van der Waals surface area contributed by atoms with Crippen molar-refractivity contribution in [1.29, 1.82) is 0 Å². The van der Waals surface area contributed by atoms with Crippen LogP contribution in [0.1, 0.15) is 35.1 Å². The molecule has 0 saturated heterocycles. The molecule has 0 spiro atoms. The number of benzene rings is 1. The van der Waals surface area contributed by atoms with Gasteiger partial charge in [0.2, 0.25) is 0 Å². The molecular formula is C14H21NO. The lowest BCUT2D eigenvalue weighted by Crippen LogP contribution is -2.02. The van der Waals surface area contributed by atoms with Gasteiger partial charge in [0.25, 0.3) is 0 Å². The number of hydrogen-bond donors (Lipinski definition) is 1. The number of rotatable bonds is 4. The Hall–Kier alpha value is -1.02. The smallest absolute Gasteiger partial charge is 0.123 e. The molecule has 0 atom stereocenters. The molecule has 0 aliphatic carbocycles. The van der Waals surface area contributed by atoms with Gasteiger partial charge in [0.1, 0.15) is 5.75 Å². The molecule has 0 fully saturated rings. The predicted octanol–water partition coefficient (Wildman–Crippen LogP) is 2.52. The SMILES string of the molecule is Cc1cc2c(c(C)c1CCCCN)CCO2. The van der Waals surface area contributed by atoms with Crippen LogP contribution >= 0.6 is 0 Å². The van der Waals surface area contributed by atoms with Crippen LogP contribution in [0.2, 0.25) is 0 Å². The Balaban J connectivity index is 2.24. The third kappa shape index (κ3) is 2.07. The van der Waals surface area contributed by atoms with E-state index in [0.29, 0.717) is 0 Å². The zero-order valence-corrected chi connectivity index (χ0v) is 10.3. The van der Waals surface area contributed by atoms with E-state index in [1.54, 1.807) is 0 Å². The molecule has 1 heterocycles. The van der Waals surface area contributed by atoms with E-state index in [-0.39, 0.29) is 0 Å². The van der Waals surface area contributed by atoms with Crippen LogP contribution in [0.25, 0.3) is 0 Å². The van der Waals surface area contributed by atoms with Gasteiger partial charge in [0.15, 0.2) is 0 Å². The maximum atomic E-state index is 5.62. The van der Waals surface area contributed by atoms with E-state index in [1.165, 1.54) is 28.7 Å². The molecule has 0 radical (unpaired) electrons. The number of ether oxygens (including phenoxy) is 1. The Morgan fingerprint density at radius 1 is 1.31 bits per heavy atom. The fourth-order valence-corrected chi connectivity index (χ4v) is 2.57. The average molecular weight is 219 g/mol. The molecular weight excluding hydrogens is 198 g/mol. The number of hydrogen-bond acceptors (Lipinski definition) is 2. The van der Waals surface area contributed by atoms with Gasteiger partial charge < -0.3 is 10.5 Å². The monoisotopic (exact) mass is 219 g/mol. The lowest BCUT2D eigenvalue weighted by molar-refractivity contribution is 0.356. The molecule has 0 aromatic heterocycles. The Bertz CT molecular complexity index is 385. The van der Waals surface area contributed by atoms with Crippen molar-refractivity contribution < 1.29 is 4.74 Å². The average Bonchev–Trinajstić information content (AvgIpc) is 2.71. The van der Waals surface area contributed by atoms with E-state index in [4.69, 9.17) is 10.5 Å². The molecule has 2 heteroatoms. The van der Waals surface area contributed by atoms with Crippen LogP contribution in [0.3, 0.4) is 0 Å². The molecule has 2 rings (SSSR count). The van der Waals surface area contributed by atoms with Gasteiger partial charge in [-0.1, -0.05) is 0 Å². The van der Waals surface area contributed by atoms with Crippen LogP contribution in [0, 0.1) is 13.8 Å². The maximum Gasteiger partial charge on any atom is 0.123 e. The van der Waals surface area contributed by atoms with Gasteiger partial charge in [-0.15, -0.1) is 0 Å². The lowest BCUT2D eigenvalue weighted by Gasteiger charge is -2.13. The molecule has 0 amide bonds. The van der Waals surface area contributed by atoms with Gasteiger partial charge in [-0.2, -0.15) is 0 Å². The summed E-state index contributed by atoms with van der Waals surface area (Å²) in [6.45, 7) is 6.07. The summed E-state index contributed by atoms with van der Waals surface area (Å²) in [5, 5.41) is 0. The van der Waals surface area contributed by atoms with Gasteiger partial charge >= 0.3 is 0 Å².